The first kappa shape index (κ1) is 16.7. The third-order valence-corrected chi connectivity index (χ3v) is 4.82. The van der Waals surface area contributed by atoms with Gasteiger partial charge >= 0.3 is 0 Å². The van der Waals surface area contributed by atoms with Crippen LogP contribution in [-0.2, 0) is 16.1 Å². The van der Waals surface area contributed by atoms with Crippen LogP contribution in [0, 0.1) is 5.41 Å². The molecule has 2 atom stereocenters. The zero-order valence-electron chi connectivity index (χ0n) is 13.7. The van der Waals surface area contributed by atoms with Crippen molar-refractivity contribution >= 4 is 11.6 Å². The number of nitrogens with two attached hydrogens (primary N) is 1. The first-order valence-corrected chi connectivity index (χ1v) is 7.68. The molecule has 1 aliphatic carbocycles. The molecule has 0 aliphatic heterocycles. The number of ether oxygens (including phenoxy) is 1. The number of nitrogens with one attached hydrogen (secondary N) is 1. The van der Waals surface area contributed by atoms with E-state index < -0.39 is 11.0 Å². The second-order valence-electron chi connectivity index (χ2n) is 6.34. The largest absolute Gasteiger partial charge is 0.378 e. The average Bonchev–Trinajstić information content (AvgIpc) is 2.48. The highest BCUT2D eigenvalue weighted by molar-refractivity contribution is 5.99. The van der Waals surface area contributed by atoms with Crippen molar-refractivity contribution in [2.45, 2.75) is 52.3 Å². The van der Waals surface area contributed by atoms with E-state index in [4.69, 9.17) is 10.5 Å². The van der Waals surface area contributed by atoms with E-state index in [-0.39, 0.29) is 17.6 Å². The Morgan fingerprint density at radius 3 is 2.68 bits per heavy atom. The van der Waals surface area contributed by atoms with E-state index in [1.54, 1.807) is 12.3 Å². The summed E-state index contributed by atoms with van der Waals surface area (Å²) in [4.78, 5) is 24.2. The number of aryl methyl sites for hydroxylation is 1. The van der Waals surface area contributed by atoms with Gasteiger partial charge in [0.1, 0.15) is 5.54 Å². The molecule has 2 rings (SSSR count). The number of hydrogen-bond donors (Lipinski definition) is 2. The number of aromatic nitrogens is 1. The lowest BCUT2D eigenvalue weighted by atomic mass is 9.54. The van der Waals surface area contributed by atoms with Gasteiger partial charge in [0.25, 0.3) is 5.56 Å². The Morgan fingerprint density at radius 1 is 1.45 bits per heavy atom. The van der Waals surface area contributed by atoms with E-state index in [0.29, 0.717) is 25.3 Å². The molecule has 0 spiro atoms. The maximum absolute atomic E-state index is 12.6. The topological polar surface area (TPSA) is 86.3 Å². The molecular weight excluding hydrogens is 282 g/mol. The SMILES string of the molecule is CCOC1CC(N)(C(=O)Nc2ccc(=O)n(CC)c2)C1(C)C. The number of rotatable bonds is 5. The summed E-state index contributed by atoms with van der Waals surface area (Å²) in [5.74, 6) is -0.241. The minimum Gasteiger partial charge on any atom is -0.378 e. The van der Waals surface area contributed by atoms with E-state index in [2.05, 4.69) is 5.32 Å². The molecule has 0 radical (unpaired) electrons. The van der Waals surface area contributed by atoms with Crippen LogP contribution in [0.15, 0.2) is 23.1 Å². The zero-order valence-corrected chi connectivity index (χ0v) is 13.7. The number of carbonyl (C=O) groups is 1. The molecule has 1 aromatic heterocycles. The molecular formula is C16H25N3O3. The van der Waals surface area contributed by atoms with Gasteiger partial charge in [-0.2, -0.15) is 0 Å². The predicted molar refractivity (Wildman–Crippen MR) is 85.7 cm³/mol. The summed E-state index contributed by atoms with van der Waals surface area (Å²) in [6.45, 7) is 8.86. The maximum atomic E-state index is 12.6. The highest BCUT2D eigenvalue weighted by atomic mass is 16.5. The molecule has 1 amide bonds. The van der Waals surface area contributed by atoms with Gasteiger partial charge in [0.2, 0.25) is 5.91 Å². The van der Waals surface area contributed by atoms with Crippen LogP contribution >= 0.6 is 0 Å². The van der Waals surface area contributed by atoms with E-state index >= 15 is 0 Å². The van der Waals surface area contributed by atoms with E-state index in [0.717, 1.165) is 0 Å². The van der Waals surface area contributed by atoms with Gasteiger partial charge in [0.15, 0.2) is 0 Å². The number of pyridine rings is 1. The fourth-order valence-electron chi connectivity index (χ4n) is 2.92. The maximum Gasteiger partial charge on any atom is 0.250 e. The Morgan fingerprint density at radius 2 is 2.14 bits per heavy atom. The fourth-order valence-corrected chi connectivity index (χ4v) is 2.92. The Bertz CT molecular complexity index is 623. The van der Waals surface area contributed by atoms with Gasteiger partial charge in [-0.3, -0.25) is 9.59 Å². The second-order valence-corrected chi connectivity index (χ2v) is 6.34. The van der Waals surface area contributed by atoms with Gasteiger partial charge in [-0.1, -0.05) is 13.8 Å². The molecule has 0 bridgehead atoms. The molecule has 22 heavy (non-hydrogen) atoms. The molecule has 2 unspecified atom stereocenters. The highest BCUT2D eigenvalue weighted by Gasteiger charge is 2.62. The minimum absolute atomic E-state index is 0.0159. The molecule has 1 aliphatic rings. The normalized spacial score (nSPS) is 26.3. The van der Waals surface area contributed by atoms with Crippen molar-refractivity contribution in [1.29, 1.82) is 0 Å². The summed E-state index contributed by atoms with van der Waals surface area (Å²) in [5, 5.41) is 2.83. The van der Waals surface area contributed by atoms with Gasteiger partial charge in [0, 0.05) is 37.3 Å². The minimum atomic E-state index is -0.972. The standard InChI is InChI=1S/C16H25N3O3/c1-5-19-10-11(7-8-13(19)20)18-14(21)16(17)9-12(22-6-2)15(16,3)4/h7-8,10,12H,5-6,9,17H2,1-4H3,(H,18,21). The summed E-state index contributed by atoms with van der Waals surface area (Å²) in [6.07, 6.45) is 2.11. The van der Waals surface area contributed by atoms with Crippen molar-refractivity contribution in [2.24, 2.45) is 11.1 Å². The Balaban J connectivity index is 2.14. The van der Waals surface area contributed by atoms with Crippen molar-refractivity contribution in [3.63, 3.8) is 0 Å². The number of hydrogen-bond acceptors (Lipinski definition) is 4. The Kier molecular flexibility index (Phi) is 4.44. The van der Waals surface area contributed by atoms with Crippen LogP contribution < -0.4 is 16.6 Å². The average molecular weight is 307 g/mol. The third kappa shape index (κ3) is 2.57. The first-order chi connectivity index (χ1) is 10.3. The molecule has 6 heteroatoms. The molecule has 1 aromatic rings. The smallest absolute Gasteiger partial charge is 0.250 e. The highest BCUT2D eigenvalue weighted by Crippen LogP contribution is 2.50. The Hall–Kier alpha value is -1.66. The Labute approximate surface area is 130 Å². The summed E-state index contributed by atoms with van der Waals surface area (Å²) in [7, 11) is 0. The molecule has 6 nitrogen and oxygen atoms in total. The van der Waals surface area contributed by atoms with Gasteiger partial charge < -0.3 is 20.4 Å². The van der Waals surface area contributed by atoms with E-state index in [1.807, 2.05) is 27.7 Å². The van der Waals surface area contributed by atoms with Gasteiger partial charge in [-0.05, 0) is 19.9 Å². The van der Waals surface area contributed by atoms with Crippen LogP contribution in [0.4, 0.5) is 5.69 Å². The third-order valence-electron chi connectivity index (χ3n) is 4.82. The van der Waals surface area contributed by atoms with Gasteiger partial charge in [-0.25, -0.2) is 0 Å². The van der Waals surface area contributed by atoms with Crippen LogP contribution in [0.5, 0.6) is 0 Å². The lowest BCUT2D eigenvalue weighted by Crippen LogP contribution is -2.74. The predicted octanol–water partition coefficient (Wildman–Crippen LogP) is 1.34. The van der Waals surface area contributed by atoms with Crippen LogP contribution in [0.3, 0.4) is 0 Å². The fraction of sp³-hybridized carbons (Fsp3) is 0.625. The summed E-state index contributed by atoms with van der Waals surface area (Å²) in [5.41, 5.74) is 5.40. The van der Waals surface area contributed by atoms with Gasteiger partial charge in [-0.15, -0.1) is 0 Å². The molecule has 0 aromatic carbocycles. The zero-order chi connectivity index (χ0) is 16.5. The molecule has 1 heterocycles. The van der Waals surface area contributed by atoms with E-state index in [9.17, 15) is 9.59 Å². The molecule has 1 saturated carbocycles. The number of anilines is 1. The van der Waals surface area contributed by atoms with Crippen LogP contribution in [-0.4, -0.2) is 28.7 Å². The summed E-state index contributed by atoms with van der Waals surface area (Å²) in [6, 6.07) is 3.04. The molecule has 1 fully saturated rings. The summed E-state index contributed by atoms with van der Waals surface area (Å²) < 4.78 is 7.17. The van der Waals surface area contributed by atoms with Crippen LogP contribution in [0.25, 0.3) is 0 Å². The monoisotopic (exact) mass is 307 g/mol. The molecule has 3 N–H and O–H groups in total. The number of nitrogens with zero attached hydrogens (tertiary/aromatic N) is 1. The van der Waals surface area contributed by atoms with Crippen molar-refractivity contribution < 1.29 is 9.53 Å². The number of amides is 1. The molecule has 0 saturated heterocycles. The first-order valence-electron chi connectivity index (χ1n) is 7.68. The van der Waals surface area contributed by atoms with Gasteiger partial charge in [0.05, 0.1) is 11.8 Å². The lowest BCUT2D eigenvalue weighted by Gasteiger charge is -2.57. The summed E-state index contributed by atoms with van der Waals surface area (Å²) >= 11 is 0. The van der Waals surface area contributed by atoms with Crippen LogP contribution in [0.1, 0.15) is 34.1 Å². The van der Waals surface area contributed by atoms with Crippen molar-refractivity contribution in [3.8, 4) is 0 Å². The van der Waals surface area contributed by atoms with Crippen molar-refractivity contribution in [1.82, 2.24) is 4.57 Å². The van der Waals surface area contributed by atoms with Crippen molar-refractivity contribution in [2.75, 3.05) is 11.9 Å². The number of carbonyl (C=O) groups excluding carboxylic acids is 1. The quantitative estimate of drug-likeness (QED) is 0.859. The van der Waals surface area contributed by atoms with Crippen molar-refractivity contribution in [3.05, 3.63) is 28.7 Å². The van der Waals surface area contributed by atoms with E-state index in [1.165, 1.54) is 10.6 Å². The lowest BCUT2D eigenvalue weighted by molar-refractivity contribution is -0.166. The van der Waals surface area contributed by atoms with Crippen LogP contribution in [0.2, 0.25) is 0 Å². The second kappa shape index (κ2) is 5.85. The molecule has 122 valence electrons.